The summed E-state index contributed by atoms with van der Waals surface area (Å²) in [6.07, 6.45) is 1.24. The van der Waals surface area contributed by atoms with Gasteiger partial charge in [-0.05, 0) is 24.3 Å². The Labute approximate surface area is 141 Å². The van der Waals surface area contributed by atoms with Crippen LogP contribution in [0.1, 0.15) is 10.4 Å². The Hall–Kier alpha value is -3.35. The SMILES string of the molecule is O=C(Cn1cnc2ccccc2c1=O)OCC(=O)c1ccccc1F. The summed E-state index contributed by atoms with van der Waals surface area (Å²) in [5.74, 6) is -2.13. The van der Waals surface area contributed by atoms with Crippen LogP contribution in [0.2, 0.25) is 0 Å². The number of carbonyl (C=O) groups excluding carboxylic acids is 2. The van der Waals surface area contributed by atoms with E-state index in [1.54, 1.807) is 24.3 Å². The minimum Gasteiger partial charge on any atom is -0.456 e. The largest absolute Gasteiger partial charge is 0.456 e. The molecule has 0 radical (unpaired) electrons. The topological polar surface area (TPSA) is 78.3 Å². The quantitative estimate of drug-likeness (QED) is 0.524. The fraction of sp³-hybridized carbons (Fsp3) is 0.111. The van der Waals surface area contributed by atoms with E-state index in [1.165, 1.54) is 24.5 Å². The number of ketones is 1. The zero-order valence-electron chi connectivity index (χ0n) is 13.0. The number of rotatable bonds is 5. The molecule has 2 aromatic carbocycles. The molecule has 0 N–H and O–H groups in total. The smallest absolute Gasteiger partial charge is 0.326 e. The molecule has 0 saturated carbocycles. The van der Waals surface area contributed by atoms with Crippen LogP contribution in [0.3, 0.4) is 0 Å². The summed E-state index contributed by atoms with van der Waals surface area (Å²) in [7, 11) is 0. The first kappa shape index (κ1) is 16.5. The third-order valence-electron chi connectivity index (χ3n) is 3.57. The second-order valence-corrected chi connectivity index (χ2v) is 5.26. The average Bonchev–Trinajstić information content (AvgIpc) is 2.63. The molecule has 0 aliphatic heterocycles. The molecule has 126 valence electrons. The lowest BCUT2D eigenvalue weighted by atomic mass is 10.1. The molecule has 0 saturated heterocycles. The molecule has 3 rings (SSSR count). The molecule has 0 aliphatic rings. The van der Waals surface area contributed by atoms with E-state index in [0.29, 0.717) is 10.9 Å². The van der Waals surface area contributed by atoms with Crippen molar-refractivity contribution >= 4 is 22.7 Å². The van der Waals surface area contributed by atoms with Gasteiger partial charge in [-0.2, -0.15) is 0 Å². The van der Waals surface area contributed by atoms with Gasteiger partial charge >= 0.3 is 5.97 Å². The van der Waals surface area contributed by atoms with Crippen molar-refractivity contribution < 1.29 is 18.7 Å². The van der Waals surface area contributed by atoms with Crippen molar-refractivity contribution in [3.8, 4) is 0 Å². The predicted octanol–water partition coefficient (Wildman–Crippen LogP) is 1.96. The third-order valence-corrected chi connectivity index (χ3v) is 3.57. The summed E-state index contributed by atoms with van der Waals surface area (Å²) < 4.78 is 19.4. The van der Waals surface area contributed by atoms with Crippen LogP contribution in [0.5, 0.6) is 0 Å². The van der Waals surface area contributed by atoms with Gasteiger partial charge in [0.2, 0.25) is 5.78 Å². The number of fused-ring (bicyclic) bond motifs is 1. The van der Waals surface area contributed by atoms with E-state index in [4.69, 9.17) is 4.74 Å². The molecule has 0 amide bonds. The Kier molecular flexibility index (Phi) is 4.65. The Morgan fingerprint density at radius 2 is 1.80 bits per heavy atom. The van der Waals surface area contributed by atoms with Crippen LogP contribution >= 0.6 is 0 Å². The molecule has 25 heavy (non-hydrogen) atoms. The molecule has 1 heterocycles. The van der Waals surface area contributed by atoms with Gasteiger partial charge in [0.25, 0.3) is 5.56 Å². The summed E-state index contributed by atoms with van der Waals surface area (Å²) in [6.45, 7) is -0.989. The molecular weight excluding hydrogens is 327 g/mol. The summed E-state index contributed by atoms with van der Waals surface area (Å²) >= 11 is 0. The monoisotopic (exact) mass is 340 g/mol. The average molecular weight is 340 g/mol. The fourth-order valence-corrected chi connectivity index (χ4v) is 2.31. The van der Waals surface area contributed by atoms with Crippen LogP contribution in [0.25, 0.3) is 10.9 Å². The first-order valence-electron chi connectivity index (χ1n) is 7.44. The first-order chi connectivity index (χ1) is 12.1. The molecule has 0 aliphatic carbocycles. The zero-order valence-corrected chi connectivity index (χ0v) is 13.0. The van der Waals surface area contributed by atoms with E-state index < -0.39 is 24.2 Å². The molecule has 0 fully saturated rings. The predicted molar refractivity (Wildman–Crippen MR) is 87.7 cm³/mol. The van der Waals surface area contributed by atoms with Gasteiger partial charge in [-0.3, -0.25) is 19.0 Å². The van der Waals surface area contributed by atoms with Crippen molar-refractivity contribution in [3.05, 3.63) is 76.6 Å². The number of carbonyl (C=O) groups is 2. The maximum atomic E-state index is 13.5. The van der Waals surface area contributed by atoms with Crippen LogP contribution in [0, 0.1) is 5.82 Å². The summed E-state index contributed by atoms with van der Waals surface area (Å²) in [5, 5.41) is 0.375. The normalized spacial score (nSPS) is 10.6. The van der Waals surface area contributed by atoms with Crippen LogP contribution < -0.4 is 5.56 Å². The van der Waals surface area contributed by atoms with Crippen LogP contribution in [0.4, 0.5) is 4.39 Å². The van der Waals surface area contributed by atoms with E-state index in [0.717, 1.165) is 10.6 Å². The van der Waals surface area contributed by atoms with E-state index in [9.17, 15) is 18.8 Å². The number of hydrogen-bond donors (Lipinski definition) is 0. The van der Waals surface area contributed by atoms with Crippen molar-refractivity contribution in [2.75, 3.05) is 6.61 Å². The lowest BCUT2D eigenvalue weighted by Gasteiger charge is -2.07. The number of hydrogen-bond acceptors (Lipinski definition) is 5. The van der Waals surface area contributed by atoms with Crippen molar-refractivity contribution in [2.24, 2.45) is 0 Å². The van der Waals surface area contributed by atoms with Crippen LogP contribution in [0.15, 0.2) is 59.7 Å². The molecule has 7 heteroatoms. The van der Waals surface area contributed by atoms with Gasteiger partial charge in [0.1, 0.15) is 12.4 Å². The maximum absolute atomic E-state index is 13.5. The number of Topliss-reactive ketones (excluding diaryl/α,β-unsaturated/α-hetero) is 1. The van der Waals surface area contributed by atoms with Gasteiger partial charge in [-0.15, -0.1) is 0 Å². The standard InChI is InChI=1S/C18H13FN2O4/c19-14-7-3-1-5-12(14)16(22)10-25-17(23)9-21-11-20-15-8-4-2-6-13(15)18(21)24/h1-8,11H,9-10H2. The zero-order chi connectivity index (χ0) is 17.8. The van der Waals surface area contributed by atoms with Gasteiger partial charge in [-0.1, -0.05) is 24.3 Å². The van der Waals surface area contributed by atoms with Gasteiger partial charge < -0.3 is 4.74 Å². The molecule has 0 spiro atoms. The number of aromatic nitrogens is 2. The highest BCUT2D eigenvalue weighted by molar-refractivity contribution is 5.98. The Balaban J connectivity index is 1.67. The van der Waals surface area contributed by atoms with E-state index in [1.807, 2.05) is 0 Å². The third kappa shape index (κ3) is 3.60. The van der Waals surface area contributed by atoms with Crippen LogP contribution in [-0.2, 0) is 16.1 Å². The first-order valence-corrected chi connectivity index (χ1v) is 7.44. The molecular formula is C18H13FN2O4. The number of benzene rings is 2. The number of para-hydroxylation sites is 1. The fourth-order valence-electron chi connectivity index (χ4n) is 2.31. The summed E-state index contributed by atoms with van der Waals surface area (Å²) in [5.41, 5.74) is -0.0188. The van der Waals surface area contributed by atoms with Crippen molar-refractivity contribution in [1.29, 1.82) is 0 Å². The van der Waals surface area contributed by atoms with E-state index >= 15 is 0 Å². The molecule has 6 nitrogen and oxygen atoms in total. The Morgan fingerprint density at radius 1 is 1.08 bits per heavy atom. The highest BCUT2D eigenvalue weighted by atomic mass is 19.1. The van der Waals surface area contributed by atoms with Crippen molar-refractivity contribution in [2.45, 2.75) is 6.54 Å². The highest BCUT2D eigenvalue weighted by Gasteiger charge is 2.14. The summed E-state index contributed by atoms with van der Waals surface area (Å²) in [4.78, 5) is 40.1. The maximum Gasteiger partial charge on any atom is 0.326 e. The molecule has 0 bridgehead atoms. The van der Waals surface area contributed by atoms with Gasteiger partial charge in [-0.25, -0.2) is 9.37 Å². The number of nitrogens with zero attached hydrogens (tertiary/aromatic N) is 2. The van der Waals surface area contributed by atoms with Gasteiger partial charge in [0.15, 0.2) is 6.61 Å². The second-order valence-electron chi connectivity index (χ2n) is 5.26. The van der Waals surface area contributed by atoms with E-state index in [-0.39, 0.29) is 17.7 Å². The lowest BCUT2D eigenvalue weighted by Crippen LogP contribution is -2.27. The molecule has 0 atom stereocenters. The second kappa shape index (κ2) is 7.04. The van der Waals surface area contributed by atoms with Crippen molar-refractivity contribution in [3.63, 3.8) is 0 Å². The van der Waals surface area contributed by atoms with Crippen molar-refractivity contribution in [1.82, 2.24) is 9.55 Å². The van der Waals surface area contributed by atoms with E-state index in [2.05, 4.69) is 4.98 Å². The minimum atomic E-state index is -0.788. The minimum absolute atomic E-state index is 0.153. The summed E-state index contributed by atoms with van der Waals surface area (Å²) in [6, 6.07) is 12.2. The molecule has 3 aromatic rings. The Bertz CT molecular complexity index is 1010. The highest BCUT2D eigenvalue weighted by Crippen LogP contribution is 2.08. The Morgan fingerprint density at radius 3 is 2.60 bits per heavy atom. The lowest BCUT2D eigenvalue weighted by molar-refractivity contribution is -0.143. The van der Waals surface area contributed by atoms with Gasteiger partial charge in [0.05, 0.1) is 22.8 Å². The molecule has 0 unspecified atom stereocenters. The number of halogens is 1. The van der Waals surface area contributed by atoms with Gasteiger partial charge in [0, 0.05) is 0 Å². The number of ether oxygens (including phenoxy) is 1. The molecule has 1 aromatic heterocycles. The van der Waals surface area contributed by atoms with Crippen LogP contribution in [-0.4, -0.2) is 27.9 Å². The number of esters is 1.